The van der Waals surface area contributed by atoms with Crippen molar-refractivity contribution in [2.45, 2.75) is 0 Å². The van der Waals surface area contributed by atoms with Crippen LogP contribution in [0.2, 0.25) is 5.02 Å². The average molecular weight is 276 g/mol. The lowest BCUT2D eigenvalue weighted by Crippen LogP contribution is -2.07. The first-order valence-electron chi connectivity index (χ1n) is 3.75. The van der Waals surface area contributed by atoms with Crippen molar-refractivity contribution in [2.75, 3.05) is 0 Å². The van der Waals surface area contributed by atoms with E-state index in [0.29, 0.717) is 14.9 Å². The smallest absolute Gasteiger partial charge is 0.258 e. The maximum Gasteiger partial charge on any atom is 0.258 e. The van der Waals surface area contributed by atoms with Gasteiger partial charge in [-0.1, -0.05) is 27.5 Å². The number of rotatable bonds is 0. The first-order chi connectivity index (χ1) is 6.59. The molecule has 0 atom stereocenters. The van der Waals surface area contributed by atoms with Crippen LogP contribution in [0.3, 0.4) is 0 Å². The molecule has 72 valence electrons. The highest BCUT2D eigenvalue weighted by Crippen LogP contribution is 2.25. The van der Waals surface area contributed by atoms with Crippen molar-refractivity contribution in [3.05, 3.63) is 44.0 Å². The molecule has 0 unspecified atom stereocenters. The second kappa shape index (κ2) is 3.37. The molecule has 0 bridgehead atoms. The van der Waals surface area contributed by atoms with E-state index in [1.807, 2.05) is 0 Å². The molecule has 0 fully saturated rings. The number of pyridine rings is 1. The number of hydrogen-bond acceptors (Lipinski definition) is 1. The van der Waals surface area contributed by atoms with Gasteiger partial charge >= 0.3 is 0 Å². The summed E-state index contributed by atoms with van der Waals surface area (Å²) in [5, 5.41) is 0.711. The third kappa shape index (κ3) is 1.44. The summed E-state index contributed by atoms with van der Waals surface area (Å²) < 4.78 is 13.9. The number of hydrogen-bond donors (Lipinski definition) is 1. The fourth-order valence-electron chi connectivity index (χ4n) is 1.27. The van der Waals surface area contributed by atoms with Crippen molar-refractivity contribution < 1.29 is 4.39 Å². The molecular formula is C9H4BrClFNO. The molecule has 5 heteroatoms. The second-order valence-electron chi connectivity index (χ2n) is 2.78. The van der Waals surface area contributed by atoms with Crippen molar-refractivity contribution in [3.63, 3.8) is 0 Å². The summed E-state index contributed by atoms with van der Waals surface area (Å²) in [6.45, 7) is 0. The van der Waals surface area contributed by atoms with E-state index in [9.17, 15) is 9.18 Å². The summed E-state index contributed by atoms with van der Waals surface area (Å²) >= 11 is 8.95. The van der Waals surface area contributed by atoms with Crippen LogP contribution in [0.25, 0.3) is 10.8 Å². The van der Waals surface area contributed by atoms with E-state index in [1.165, 1.54) is 12.3 Å². The summed E-state index contributed by atoms with van der Waals surface area (Å²) in [7, 11) is 0. The molecular weight excluding hydrogens is 272 g/mol. The molecule has 0 spiro atoms. The van der Waals surface area contributed by atoms with Gasteiger partial charge in [-0.3, -0.25) is 4.79 Å². The van der Waals surface area contributed by atoms with E-state index in [0.717, 1.165) is 0 Å². The monoisotopic (exact) mass is 275 g/mol. The van der Waals surface area contributed by atoms with E-state index in [2.05, 4.69) is 20.9 Å². The molecule has 0 aliphatic rings. The molecule has 2 aromatic rings. The average Bonchev–Trinajstić information content (AvgIpc) is 2.10. The fraction of sp³-hybridized carbons (Fsp3) is 0. The van der Waals surface area contributed by atoms with Crippen LogP contribution >= 0.6 is 27.5 Å². The van der Waals surface area contributed by atoms with Crippen molar-refractivity contribution in [2.24, 2.45) is 0 Å². The van der Waals surface area contributed by atoms with E-state index in [4.69, 9.17) is 11.6 Å². The van der Waals surface area contributed by atoms with Crippen molar-refractivity contribution >= 4 is 38.3 Å². The van der Waals surface area contributed by atoms with Gasteiger partial charge in [-0.25, -0.2) is 4.39 Å². The van der Waals surface area contributed by atoms with E-state index < -0.39 is 11.4 Å². The molecule has 0 radical (unpaired) electrons. The van der Waals surface area contributed by atoms with Crippen LogP contribution in [-0.4, -0.2) is 4.98 Å². The van der Waals surface area contributed by atoms with Crippen molar-refractivity contribution in [1.29, 1.82) is 0 Å². The van der Waals surface area contributed by atoms with Crippen LogP contribution in [0.4, 0.5) is 4.39 Å². The number of H-pyrrole nitrogens is 1. The molecule has 1 aromatic heterocycles. The van der Waals surface area contributed by atoms with Crippen molar-refractivity contribution in [1.82, 2.24) is 4.98 Å². The lowest BCUT2D eigenvalue weighted by molar-refractivity contribution is 0.638. The van der Waals surface area contributed by atoms with Crippen LogP contribution in [0.15, 0.2) is 27.6 Å². The first kappa shape index (κ1) is 9.68. The van der Waals surface area contributed by atoms with Gasteiger partial charge in [0.25, 0.3) is 5.56 Å². The maximum absolute atomic E-state index is 13.4. The van der Waals surface area contributed by atoms with Gasteiger partial charge < -0.3 is 4.98 Å². The van der Waals surface area contributed by atoms with E-state index in [1.54, 1.807) is 6.07 Å². The molecule has 1 aromatic carbocycles. The maximum atomic E-state index is 13.4. The summed E-state index contributed by atoms with van der Waals surface area (Å²) in [6, 6.07) is 2.84. The molecule has 0 amide bonds. The van der Waals surface area contributed by atoms with Gasteiger partial charge in [0.2, 0.25) is 0 Å². The van der Waals surface area contributed by atoms with Gasteiger partial charge in [0.05, 0.1) is 10.4 Å². The lowest BCUT2D eigenvalue weighted by Gasteiger charge is -2.01. The van der Waals surface area contributed by atoms with Crippen molar-refractivity contribution in [3.8, 4) is 0 Å². The van der Waals surface area contributed by atoms with Gasteiger partial charge in [0, 0.05) is 16.1 Å². The van der Waals surface area contributed by atoms with E-state index in [-0.39, 0.29) is 5.39 Å². The highest BCUT2D eigenvalue weighted by molar-refractivity contribution is 9.10. The summed E-state index contributed by atoms with van der Waals surface area (Å²) in [5.41, 5.74) is -0.477. The Morgan fingerprint density at radius 1 is 1.43 bits per heavy atom. The van der Waals surface area contributed by atoms with Crippen LogP contribution in [0.5, 0.6) is 0 Å². The van der Waals surface area contributed by atoms with Gasteiger partial charge in [0.15, 0.2) is 0 Å². The third-order valence-electron chi connectivity index (χ3n) is 1.87. The number of benzene rings is 1. The molecule has 14 heavy (non-hydrogen) atoms. The van der Waals surface area contributed by atoms with Gasteiger partial charge in [-0.2, -0.15) is 0 Å². The zero-order chi connectivity index (χ0) is 10.3. The molecule has 2 nitrogen and oxygen atoms in total. The zero-order valence-electron chi connectivity index (χ0n) is 6.77. The number of nitrogens with one attached hydrogen (secondary N) is 1. The molecule has 2 rings (SSSR count). The van der Waals surface area contributed by atoms with Crippen LogP contribution in [0.1, 0.15) is 0 Å². The summed E-state index contributed by atoms with van der Waals surface area (Å²) in [6.07, 6.45) is 1.35. The van der Waals surface area contributed by atoms with Gasteiger partial charge in [-0.15, -0.1) is 0 Å². The van der Waals surface area contributed by atoms with Gasteiger partial charge in [0.1, 0.15) is 5.82 Å². The predicted molar refractivity (Wildman–Crippen MR) is 57.2 cm³/mol. The molecule has 0 aliphatic carbocycles. The molecule has 0 saturated carbocycles. The second-order valence-corrected chi connectivity index (χ2v) is 4.10. The minimum absolute atomic E-state index is 0.0132. The normalized spacial score (nSPS) is 10.8. The minimum Gasteiger partial charge on any atom is -0.327 e. The Morgan fingerprint density at radius 2 is 2.14 bits per heavy atom. The molecule has 0 saturated heterocycles. The Balaban J connectivity index is 3.08. The van der Waals surface area contributed by atoms with Crippen LogP contribution in [-0.2, 0) is 0 Å². The zero-order valence-corrected chi connectivity index (χ0v) is 9.12. The number of fused-ring (bicyclic) bond motifs is 1. The number of aromatic nitrogens is 1. The van der Waals surface area contributed by atoms with Gasteiger partial charge in [-0.05, 0) is 12.1 Å². The molecule has 0 aliphatic heterocycles. The Kier molecular flexibility index (Phi) is 2.33. The topological polar surface area (TPSA) is 32.9 Å². The first-order valence-corrected chi connectivity index (χ1v) is 4.92. The summed E-state index contributed by atoms with van der Waals surface area (Å²) in [5.74, 6) is -0.585. The summed E-state index contributed by atoms with van der Waals surface area (Å²) in [4.78, 5) is 13.7. The standard InChI is InChI=1S/C9H4BrClFNO/c10-4-1-5-6(11)3-13-9(14)8(5)7(12)2-4/h1-3H,(H,13,14). The fourth-order valence-corrected chi connectivity index (χ4v) is 1.91. The minimum atomic E-state index is -0.585. The van der Waals surface area contributed by atoms with Crippen LogP contribution in [0, 0.1) is 5.82 Å². The molecule has 1 N–H and O–H groups in total. The third-order valence-corrected chi connectivity index (χ3v) is 2.64. The largest absolute Gasteiger partial charge is 0.327 e. The highest BCUT2D eigenvalue weighted by atomic mass is 79.9. The lowest BCUT2D eigenvalue weighted by atomic mass is 10.2. The Hall–Kier alpha value is -0.870. The highest BCUT2D eigenvalue weighted by Gasteiger charge is 2.09. The molecule has 1 heterocycles. The Labute approximate surface area is 91.8 Å². The quantitative estimate of drug-likeness (QED) is 0.788. The van der Waals surface area contributed by atoms with Crippen LogP contribution < -0.4 is 5.56 Å². The number of halogens is 3. The SMILES string of the molecule is O=c1[nH]cc(Cl)c2cc(Br)cc(F)c12. The number of aromatic amines is 1. The van der Waals surface area contributed by atoms with E-state index >= 15 is 0 Å². The Bertz CT molecular complexity index is 566. The predicted octanol–water partition coefficient (Wildman–Crippen LogP) is 3.08. The Morgan fingerprint density at radius 3 is 2.86 bits per heavy atom.